The lowest BCUT2D eigenvalue weighted by atomic mass is 9.83. The Kier molecular flexibility index (Phi) is 5.47. The summed E-state index contributed by atoms with van der Waals surface area (Å²) in [6.45, 7) is 3.20. The van der Waals surface area contributed by atoms with Crippen LogP contribution in [0.2, 0.25) is 0 Å². The second-order valence-corrected chi connectivity index (χ2v) is 6.54. The first kappa shape index (κ1) is 16.2. The van der Waals surface area contributed by atoms with Gasteiger partial charge < -0.3 is 10.5 Å². The number of rotatable bonds is 6. The molecule has 0 bridgehead atoms. The minimum atomic E-state index is 0.135. The summed E-state index contributed by atoms with van der Waals surface area (Å²) in [4.78, 5) is 0. The number of aromatic nitrogens is 2. The summed E-state index contributed by atoms with van der Waals surface area (Å²) in [6.07, 6.45) is 7.04. The Hall–Kier alpha value is -1.65. The molecule has 0 radical (unpaired) electrons. The molecule has 1 unspecified atom stereocenters. The molecule has 0 spiro atoms. The number of hydrogen-bond donors (Lipinski definition) is 1. The summed E-state index contributed by atoms with van der Waals surface area (Å²) in [6, 6.07) is 13.0. The zero-order chi connectivity index (χ0) is 16.1. The first-order valence-corrected chi connectivity index (χ1v) is 8.64. The van der Waals surface area contributed by atoms with Gasteiger partial charge in [-0.25, -0.2) is 0 Å². The van der Waals surface area contributed by atoms with Crippen molar-refractivity contribution in [3.8, 4) is 0 Å². The second-order valence-electron chi connectivity index (χ2n) is 6.54. The lowest BCUT2D eigenvalue weighted by Gasteiger charge is -2.30. The lowest BCUT2D eigenvalue weighted by Crippen LogP contribution is -2.29. The van der Waals surface area contributed by atoms with Gasteiger partial charge in [-0.3, -0.25) is 4.68 Å². The number of nitrogens with zero attached hydrogens (tertiary/aromatic N) is 2. The summed E-state index contributed by atoms with van der Waals surface area (Å²) in [5.74, 6) is 0.690. The molecule has 0 aliphatic heterocycles. The lowest BCUT2D eigenvalue weighted by molar-refractivity contribution is 0.00657. The van der Waals surface area contributed by atoms with Gasteiger partial charge in [-0.15, -0.1) is 0 Å². The predicted octanol–water partition coefficient (Wildman–Crippen LogP) is 3.43. The summed E-state index contributed by atoms with van der Waals surface area (Å²) < 4.78 is 8.08. The summed E-state index contributed by atoms with van der Waals surface area (Å²) >= 11 is 0. The Labute approximate surface area is 138 Å². The molecule has 1 aliphatic carbocycles. The fourth-order valence-corrected chi connectivity index (χ4v) is 3.42. The highest BCUT2D eigenvalue weighted by atomic mass is 16.5. The molecule has 0 amide bonds. The second kappa shape index (κ2) is 7.75. The van der Waals surface area contributed by atoms with Crippen LogP contribution in [-0.4, -0.2) is 29.0 Å². The van der Waals surface area contributed by atoms with Gasteiger partial charge in [0.25, 0.3) is 0 Å². The average Bonchev–Trinajstić information content (AvgIpc) is 3.03. The van der Waals surface area contributed by atoms with E-state index in [1.807, 2.05) is 23.9 Å². The molecule has 2 aromatic rings. The van der Waals surface area contributed by atoms with Crippen molar-refractivity contribution in [1.29, 1.82) is 0 Å². The van der Waals surface area contributed by atoms with Crippen LogP contribution in [0.25, 0.3) is 0 Å². The van der Waals surface area contributed by atoms with Crippen LogP contribution < -0.4 is 5.73 Å². The first-order valence-electron chi connectivity index (χ1n) is 8.64. The molecule has 1 aliphatic rings. The molecule has 3 rings (SSSR count). The Morgan fingerprint density at radius 3 is 2.52 bits per heavy atom. The maximum atomic E-state index is 6.14. The molecular weight excluding hydrogens is 286 g/mol. The van der Waals surface area contributed by atoms with Crippen molar-refractivity contribution >= 4 is 0 Å². The number of nitrogens with two attached hydrogens (primary N) is 1. The molecular formula is C19H27N3O. The summed E-state index contributed by atoms with van der Waals surface area (Å²) in [5, 5.41) is 4.45. The van der Waals surface area contributed by atoms with Gasteiger partial charge in [-0.05, 0) is 50.2 Å². The van der Waals surface area contributed by atoms with Crippen LogP contribution in [0.15, 0.2) is 42.6 Å². The highest BCUT2D eigenvalue weighted by Gasteiger charge is 2.23. The Morgan fingerprint density at radius 1 is 1.17 bits per heavy atom. The quantitative estimate of drug-likeness (QED) is 0.889. The molecule has 1 heterocycles. The van der Waals surface area contributed by atoms with E-state index in [0.29, 0.717) is 25.2 Å². The molecule has 4 nitrogen and oxygen atoms in total. The van der Waals surface area contributed by atoms with Gasteiger partial charge in [-0.1, -0.05) is 30.3 Å². The van der Waals surface area contributed by atoms with Crippen LogP contribution >= 0.6 is 0 Å². The maximum absolute atomic E-state index is 6.14. The molecule has 2 N–H and O–H groups in total. The zero-order valence-electron chi connectivity index (χ0n) is 13.9. The number of benzene rings is 1. The summed E-state index contributed by atoms with van der Waals surface area (Å²) in [7, 11) is 0. The van der Waals surface area contributed by atoms with Crippen LogP contribution in [0.3, 0.4) is 0 Å². The van der Waals surface area contributed by atoms with E-state index >= 15 is 0 Å². The van der Waals surface area contributed by atoms with Crippen LogP contribution in [0.4, 0.5) is 0 Å². The SMILES string of the molecule is Cc1ccn(C(CN)COC2CCC(c3ccccc3)CC2)n1. The third-order valence-corrected chi connectivity index (χ3v) is 4.86. The molecule has 1 aromatic heterocycles. The zero-order valence-corrected chi connectivity index (χ0v) is 13.9. The Bertz CT molecular complexity index is 588. The van der Waals surface area contributed by atoms with Crippen LogP contribution in [0.5, 0.6) is 0 Å². The fraction of sp³-hybridized carbons (Fsp3) is 0.526. The van der Waals surface area contributed by atoms with E-state index in [-0.39, 0.29) is 6.04 Å². The van der Waals surface area contributed by atoms with Gasteiger partial charge in [0.2, 0.25) is 0 Å². The van der Waals surface area contributed by atoms with Gasteiger partial charge in [-0.2, -0.15) is 5.10 Å². The molecule has 4 heteroatoms. The van der Waals surface area contributed by atoms with E-state index in [9.17, 15) is 0 Å². The van der Waals surface area contributed by atoms with E-state index in [1.54, 1.807) is 0 Å². The van der Waals surface area contributed by atoms with Crippen molar-refractivity contribution in [3.05, 3.63) is 53.9 Å². The molecule has 1 saturated carbocycles. The third kappa shape index (κ3) is 4.21. The van der Waals surface area contributed by atoms with Gasteiger partial charge in [0.1, 0.15) is 0 Å². The minimum Gasteiger partial charge on any atom is -0.376 e. The van der Waals surface area contributed by atoms with Crippen molar-refractivity contribution in [2.45, 2.75) is 50.7 Å². The smallest absolute Gasteiger partial charge is 0.0874 e. The number of ether oxygens (including phenoxy) is 1. The van der Waals surface area contributed by atoms with Gasteiger partial charge in [0, 0.05) is 12.7 Å². The maximum Gasteiger partial charge on any atom is 0.0874 e. The minimum absolute atomic E-state index is 0.135. The van der Waals surface area contributed by atoms with E-state index in [0.717, 1.165) is 18.5 Å². The van der Waals surface area contributed by atoms with E-state index in [1.165, 1.54) is 18.4 Å². The topological polar surface area (TPSA) is 53.1 Å². The van der Waals surface area contributed by atoms with Crippen molar-refractivity contribution in [2.24, 2.45) is 5.73 Å². The van der Waals surface area contributed by atoms with E-state index in [4.69, 9.17) is 10.5 Å². The largest absolute Gasteiger partial charge is 0.376 e. The van der Waals surface area contributed by atoms with Crippen molar-refractivity contribution in [1.82, 2.24) is 9.78 Å². The standard InChI is InChI=1S/C19H27N3O/c1-15-11-12-22(21-15)18(13-20)14-23-19-9-7-17(8-10-19)16-5-3-2-4-6-16/h2-6,11-12,17-19H,7-10,13-14,20H2,1H3. The van der Waals surface area contributed by atoms with Crippen LogP contribution in [0, 0.1) is 6.92 Å². The van der Waals surface area contributed by atoms with Crippen molar-refractivity contribution in [3.63, 3.8) is 0 Å². The fourth-order valence-electron chi connectivity index (χ4n) is 3.42. The third-order valence-electron chi connectivity index (χ3n) is 4.86. The normalized spacial score (nSPS) is 22.9. The van der Waals surface area contributed by atoms with Gasteiger partial charge >= 0.3 is 0 Å². The molecule has 1 aromatic carbocycles. The number of aryl methyl sites for hydroxylation is 1. The summed E-state index contributed by atoms with van der Waals surface area (Å²) in [5.41, 5.74) is 8.38. The molecule has 1 atom stereocenters. The Morgan fingerprint density at radius 2 is 1.91 bits per heavy atom. The number of hydrogen-bond acceptors (Lipinski definition) is 3. The Balaban J connectivity index is 1.47. The molecule has 1 fully saturated rings. The van der Waals surface area contributed by atoms with Crippen LogP contribution in [0.1, 0.15) is 48.9 Å². The van der Waals surface area contributed by atoms with Crippen LogP contribution in [-0.2, 0) is 4.74 Å². The van der Waals surface area contributed by atoms with Crippen molar-refractivity contribution < 1.29 is 4.74 Å². The van der Waals surface area contributed by atoms with Crippen molar-refractivity contribution in [2.75, 3.05) is 13.2 Å². The van der Waals surface area contributed by atoms with Gasteiger partial charge in [0.05, 0.1) is 24.4 Å². The molecule has 23 heavy (non-hydrogen) atoms. The van der Waals surface area contributed by atoms with E-state index in [2.05, 4.69) is 35.4 Å². The highest BCUT2D eigenvalue weighted by Crippen LogP contribution is 2.34. The van der Waals surface area contributed by atoms with E-state index < -0.39 is 0 Å². The van der Waals surface area contributed by atoms with Gasteiger partial charge in [0.15, 0.2) is 0 Å². The molecule has 0 saturated heterocycles. The molecule has 124 valence electrons. The average molecular weight is 313 g/mol. The highest BCUT2D eigenvalue weighted by molar-refractivity contribution is 5.19. The monoisotopic (exact) mass is 313 g/mol. The first-order chi connectivity index (χ1) is 11.3. The predicted molar refractivity (Wildman–Crippen MR) is 92.4 cm³/mol.